The molecule has 8 heteroatoms. The van der Waals surface area contributed by atoms with Crippen molar-refractivity contribution in [1.82, 2.24) is 19.4 Å². The molecule has 4 aromatic rings. The average molecular weight is 519 g/mol. The summed E-state index contributed by atoms with van der Waals surface area (Å²) >= 11 is 0. The number of aliphatic hydroxyl groups is 1. The number of hydrogen-bond acceptors (Lipinski definition) is 5. The number of nitrogens with zero attached hydrogens (tertiary/aromatic N) is 3. The number of aromatic nitrogens is 2. The van der Waals surface area contributed by atoms with Gasteiger partial charge in [-0.3, -0.25) is 0 Å². The minimum Gasteiger partial charge on any atom is -0.384 e. The Morgan fingerprint density at radius 1 is 0.919 bits per heavy atom. The highest BCUT2D eigenvalue weighted by atomic mass is 32.2. The van der Waals surface area contributed by atoms with Crippen LogP contribution in [0.5, 0.6) is 0 Å². The van der Waals surface area contributed by atoms with E-state index in [1.807, 2.05) is 91.3 Å². The molecule has 0 aliphatic rings. The van der Waals surface area contributed by atoms with Gasteiger partial charge in [-0.15, -0.1) is 0 Å². The van der Waals surface area contributed by atoms with Crippen molar-refractivity contribution in [2.75, 3.05) is 27.2 Å². The van der Waals surface area contributed by atoms with Gasteiger partial charge in [-0.1, -0.05) is 54.6 Å². The van der Waals surface area contributed by atoms with Crippen molar-refractivity contribution >= 4 is 10.0 Å². The van der Waals surface area contributed by atoms with Crippen molar-refractivity contribution in [1.29, 1.82) is 0 Å². The first-order valence-corrected chi connectivity index (χ1v) is 13.7. The zero-order chi connectivity index (χ0) is 26.8. The van der Waals surface area contributed by atoms with Crippen LogP contribution in [-0.4, -0.2) is 55.4 Å². The molecular formula is C29H34N4O3S. The summed E-state index contributed by atoms with van der Waals surface area (Å²) in [5, 5.41) is 15.4. The van der Waals surface area contributed by atoms with Crippen molar-refractivity contribution in [3.63, 3.8) is 0 Å². The van der Waals surface area contributed by atoms with Gasteiger partial charge in [0.25, 0.3) is 0 Å². The fraction of sp³-hybridized carbons (Fsp3) is 0.276. The third kappa shape index (κ3) is 6.17. The van der Waals surface area contributed by atoms with Crippen LogP contribution in [0.1, 0.15) is 25.1 Å². The van der Waals surface area contributed by atoms with E-state index in [-0.39, 0.29) is 4.90 Å². The van der Waals surface area contributed by atoms with Crippen LogP contribution in [0.3, 0.4) is 0 Å². The number of rotatable bonds is 9. The maximum absolute atomic E-state index is 12.8. The van der Waals surface area contributed by atoms with Gasteiger partial charge in [-0.2, -0.15) is 5.10 Å². The minimum atomic E-state index is -3.60. The molecule has 0 fully saturated rings. The first kappa shape index (κ1) is 26.8. The molecule has 2 N–H and O–H groups in total. The largest absolute Gasteiger partial charge is 0.384 e. The van der Waals surface area contributed by atoms with Gasteiger partial charge in [0, 0.05) is 18.7 Å². The van der Waals surface area contributed by atoms with Crippen molar-refractivity contribution in [2.45, 2.75) is 31.3 Å². The van der Waals surface area contributed by atoms with Crippen LogP contribution in [0.4, 0.5) is 0 Å². The van der Waals surface area contributed by atoms with Crippen LogP contribution < -0.4 is 4.72 Å². The van der Waals surface area contributed by atoms with Crippen molar-refractivity contribution in [3.05, 3.63) is 90.1 Å². The molecule has 0 saturated heterocycles. The molecule has 1 aromatic heterocycles. The van der Waals surface area contributed by atoms with Gasteiger partial charge < -0.3 is 10.0 Å². The third-order valence-corrected chi connectivity index (χ3v) is 7.65. The zero-order valence-corrected chi connectivity index (χ0v) is 22.7. The van der Waals surface area contributed by atoms with Gasteiger partial charge in [0.2, 0.25) is 10.0 Å². The number of sulfonamides is 1. The lowest BCUT2D eigenvalue weighted by atomic mass is 10.0. The maximum atomic E-state index is 12.8. The molecule has 0 atom stereocenters. The van der Waals surface area contributed by atoms with E-state index in [0.717, 1.165) is 33.6 Å². The van der Waals surface area contributed by atoms with E-state index in [1.165, 1.54) is 0 Å². The predicted molar refractivity (Wildman–Crippen MR) is 148 cm³/mol. The van der Waals surface area contributed by atoms with E-state index < -0.39 is 15.6 Å². The second-order valence-corrected chi connectivity index (χ2v) is 11.7. The summed E-state index contributed by atoms with van der Waals surface area (Å²) in [4.78, 5) is 2.16. The van der Waals surface area contributed by atoms with Gasteiger partial charge >= 0.3 is 0 Å². The van der Waals surface area contributed by atoms with Gasteiger partial charge in [-0.05, 0) is 75.8 Å². The van der Waals surface area contributed by atoms with E-state index in [4.69, 9.17) is 5.10 Å². The molecule has 37 heavy (non-hydrogen) atoms. The van der Waals surface area contributed by atoms with E-state index >= 15 is 0 Å². The fourth-order valence-electron chi connectivity index (χ4n) is 4.03. The fourth-order valence-corrected chi connectivity index (χ4v) is 5.10. The number of aryl methyl sites for hydroxylation is 1. The Balaban J connectivity index is 1.67. The summed E-state index contributed by atoms with van der Waals surface area (Å²) in [6.45, 7) is 6.44. The molecule has 7 nitrogen and oxygen atoms in total. The van der Waals surface area contributed by atoms with E-state index in [2.05, 4.69) is 4.72 Å². The summed E-state index contributed by atoms with van der Waals surface area (Å²) in [6.07, 6.45) is 0. The Bertz CT molecular complexity index is 1480. The second kappa shape index (κ2) is 10.6. The highest BCUT2D eigenvalue weighted by Gasteiger charge is 2.23. The molecule has 3 aromatic carbocycles. The Labute approximate surface area is 219 Å². The lowest BCUT2D eigenvalue weighted by Crippen LogP contribution is -2.31. The molecule has 0 amide bonds. The molecule has 0 unspecified atom stereocenters. The van der Waals surface area contributed by atoms with Crippen LogP contribution in [0, 0.1) is 6.92 Å². The molecule has 0 aliphatic heterocycles. The maximum Gasteiger partial charge on any atom is 0.240 e. The monoisotopic (exact) mass is 518 g/mol. The van der Waals surface area contributed by atoms with Crippen LogP contribution in [-0.2, 0) is 15.6 Å². The smallest absolute Gasteiger partial charge is 0.240 e. The summed E-state index contributed by atoms with van der Waals surface area (Å²) < 4.78 is 30.0. The SMILES string of the molecule is Cc1ccccc1-n1nc(C(C)(C)O)cc1-c1ccc(-c2cccc(S(=O)(=O)NCCN(C)C)c2)cc1. The van der Waals surface area contributed by atoms with Crippen LogP contribution in [0.15, 0.2) is 83.8 Å². The molecular weight excluding hydrogens is 484 g/mol. The van der Waals surface area contributed by atoms with Crippen LogP contribution in [0.25, 0.3) is 28.1 Å². The first-order valence-electron chi connectivity index (χ1n) is 12.2. The van der Waals surface area contributed by atoms with Crippen molar-refractivity contribution in [2.24, 2.45) is 0 Å². The van der Waals surface area contributed by atoms with Gasteiger partial charge in [-0.25, -0.2) is 17.8 Å². The van der Waals surface area contributed by atoms with Crippen molar-refractivity contribution < 1.29 is 13.5 Å². The molecule has 0 saturated carbocycles. The summed E-state index contributed by atoms with van der Waals surface area (Å²) in [7, 11) is 0.201. The number of likely N-dealkylation sites (N-methyl/N-ethyl adjacent to an activating group) is 1. The third-order valence-electron chi connectivity index (χ3n) is 6.19. The second-order valence-electron chi connectivity index (χ2n) is 9.98. The molecule has 4 rings (SSSR count). The average Bonchev–Trinajstić information content (AvgIpc) is 3.30. The zero-order valence-electron chi connectivity index (χ0n) is 21.9. The lowest BCUT2D eigenvalue weighted by Gasteiger charge is -2.13. The van der Waals surface area contributed by atoms with Crippen LogP contribution >= 0.6 is 0 Å². The van der Waals surface area contributed by atoms with Crippen LogP contribution in [0.2, 0.25) is 0 Å². The minimum absolute atomic E-state index is 0.236. The van der Waals surface area contributed by atoms with Gasteiger partial charge in [0.05, 0.1) is 22.0 Å². The molecule has 0 spiro atoms. The first-order chi connectivity index (χ1) is 17.5. The predicted octanol–water partition coefficient (Wildman–Crippen LogP) is 4.58. The summed E-state index contributed by atoms with van der Waals surface area (Å²) in [5.74, 6) is 0. The Hall–Kier alpha value is -3.30. The topological polar surface area (TPSA) is 87.5 Å². The van der Waals surface area contributed by atoms with Crippen molar-refractivity contribution in [3.8, 4) is 28.1 Å². The summed E-state index contributed by atoms with van der Waals surface area (Å²) in [6, 6.07) is 24.8. The molecule has 0 radical (unpaired) electrons. The normalized spacial score (nSPS) is 12.3. The Kier molecular flexibility index (Phi) is 7.66. The molecule has 0 bridgehead atoms. The van der Waals surface area contributed by atoms with Gasteiger partial charge in [0.1, 0.15) is 5.60 Å². The highest BCUT2D eigenvalue weighted by Crippen LogP contribution is 2.31. The standard InChI is InChI=1S/C29H34N4O3S/c1-21-9-6-7-12-26(21)33-27(20-28(31-33)29(2,3)34)23-15-13-22(14-16-23)24-10-8-11-25(19-24)37(35,36)30-17-18-32(4)5/h6-16,19-20,30,34H,17-18H2,1-5H3. The highest BCUT2D eigenvalue weighted by molar-refractivity contribution is 7.89. The lowest BCUT2D eigenvalue weighted by molar-refractivity contribution is 0.0734. The molecule has 0 aliphatic carbocycles. The number of hydrogen-bond donors (Lipinski definition) is 2. The van der Waals surface area contributed by atoms with Gasteiger partial charge in [0.15, 0.2) is 0 Å². The number of benzene rings is 3. The number of para-hydroxylation sites is 1. The Morgan fingerprint density at radius 2 is 1.59 bits per heavy atom. The van der Waals surface area contributed by atoms with E-state index in [0.29, 0.717) is 18.8 Å². The molecule has 194 valence electrons. The Morgan fingerprint density at radius 3 is 2.24 bits per heavy atom. The molecule has 1 heterocycles. The number of nitrogens with one attached hydrogen (secondary N) is 1. The van der Waals surface area contributed by atoms with E-state index in [9.17, 15) is 13.5 Å². The quantitative estimate of drug-likeness (QED) is 0.339. The van der Waals surface area contributed by atoms with E-state index in [1.54, 1.807) is 32.0 Å². The summed E-state index contributed by atoms with van der Waals surface area (Å²) in [5.41, 5.74) is 5.01.